The van der Waals surface area contributed by atoms with Crippen molar-refractivity contribution in [3.05, 3.63) is 23.8 Å². The average Bonchev–Trinajstić information content (AvgIpc) is 2.95. The number of amides is 1. The summed E-state index contributed by atoms with van der Waals surface area (Å²) in [6, 6.07) is 5.85. The lowest BCUT2D eigenvalue weighted by molar-refractivity contribution is -0.131. The van der Waals surface area contributed by atoms with E-state index < -0.39 is 0 Å². The summed E-state index contributed by atoms with van der Waals surface area (Å²) in [5.41, 5.74) is 1.07. The Balaban J connectivity index is 0.00000176. The molecule has 3 rings (SSSR count). The van der Waals surface area contributed by atoms with Gasteiger partial charge in [-0.15, -0.1) is 12.4 Å². The quantitative estimate of drug-likeness (QED) is 0.921. The molecule has 0 aliphatic carbocycles. The molecular formula is C16H23ClN2O3. The van der Waals surface area contributed by atoms with E-state index in [-0.39, 0.29) is 25.1 Å². The highest BCUT2D eigenvalue weighted by atomic mass is 35.5. The van der Waals surface area contributed by atoms with E-state index in [9.17, 15) is 4.79 Å². The molecule has 1 N–H and O–H groups in total. The first-order chi connectivity index (χ1) is 10.2. The maximum absolute atomic E-state index is 12.3. The van der Waals surface area contributed by atoms with Gasteiger partial charge in [-0.05, 0) is 49.5 Å². The highest BCUT2D eigenvalue weighted by Gasteiger charge is 2.20. The fourth-order valence-electron chi connectivity index (χ4n) is 2.89. The van der Waals surface area contributed by atoms with Crippen LogP contribution in [0, 0.1) is 5.92 Å². The van der Waals surface area contributed by atoms with Crippen LogP contribution in [-0.4, -0.2) is 37.7 Å². The van der Waals surface area contributed by atoms with E-state index in [2.05, 4.69) is 5.32 Å². The van der Waals surface area contributed by atoms with Gasteiger partial charge in [0, 0.05) is 20.0 Å². The van der Waals surface area contributed by atoms with Crippen LogP contribution < -0.4 is 14.8 Å². The summed E-state index contributed by atoms with van der Waals surface area (Å²) in [7, 11) is 1.87. The molecule has 1 saturated heterocycles. The number of nitrogens with zero attached hydrogens (tertiary/aromatic N) is 1. The number of carbonyl (C=O) groups excluding carboxylic acids is 1. The SMILES string of the molecule is CN(Cc1ccc2c(c1)OCO2)C(=O)CC1CCNCC1.Cl. The molecule has 0 radical (unpaired) electrons. The summed E-state index contributed by atoms with van der Waals surface area (Å²) < 4.78 is 10.7. The number of ether oxygens (including phenoxy) is 2. The third-order valence-corrected chi connectivity index (χ3v) is 4.20. The molecule has 0 aromatic heterocycles. The number of nitrogens with one attached hydrogen (secondary N) is 1. The zero-order chi connectivity index (χ0) is 14.7. The van der Waals surface area contributed by atoms with Crippen LogP contribution in [0.4, 0.5) is 0 Å². The minimum atomic E-state index is 0. The van der Waals surface area contributed by atoms with Gasteiger partial charge < -0.3 is 19.7 Å². The number of hydrogen-bond donors (Lipinski definition) is 1. The normalized spacial score (nSPS) is 17.0. The van der Waals surface area contributed by atoms with Crippen LogP contribution in [0.3, 0.4) is 0 Å². The van der Waals surface area contributed by atoms with Crippen LogP contribution in [0.15, 0.2) is 18.2 Å². The number of carbonyl (C=O) groups is 1. The Morgan fingerprint density at radius 2 is 2.00 bits per heavy atom. The van der Waals surface area contributed by atoms with Gasteiger partial charge in [-0.1, -0.05) is 6.07 Å². The Labute approximate surface area is 137 Å². The maximum Gasteiger partial charge on any atom is 0.231 e. The van der Waals surface area contributed by atoms with Gasteiger partial charge in [0.25, 0.3) is 0 Å². The molecule has 122 valence electrons. The molecular weight excluding hydrogens is 304 g/mol. The van der Waals surface area contributed by atoms with Crippen molar-refractivity contribution in [3.63, 3.8) is 0 Å². The molecule has 1 aromatic rings. The van der Waals surface area contributed by atoms with Gasteiger partial charge in [0.1, 0.15) is 0 Å². The highest BCUT2D eigenvalue weighted by Crippen LogP contribution is 2.32. The molecule has 0 spiro atoms. The predicted molar refractivity (Wildman–Crippen MR) is 86.5 cm³/mol. The predicted octanol–water partition coefficient (Wildman–Crippen LogP) is 2.19. The highest BCUT2D eigenvalue weighted by molar-refractivity contribution is 5.85. The van der Waals surface area contributed by atoms with Gasteiger partial charge >= 0.3 is 0 Å². The second kappa shape index (κ2) is 7.70. The van der Waals surface area contributed by atoms with E-state index in [1.165, 1.54) is 0 Å². The molecule has 1 fully saturated rings. The summed E-state index contributed by atoms with van der Waals surface area (Å²) in [5.74, 6) is 2.30. The molecule has 6 heteroatoms. The first-order valence-corrected chi connectivity index (χ1v) is 7.55. The number of hydrogen-bond acceptors (Lipinski definition) is 4. The zero-order valence-electron chi connectivity index (χ0n) is 12.8. The Morgan fingerprint density at radius 1 is 1.27 bits per heavy atom. The molecule has 0 saturated carbocycles. The lowest BCUT2D eigenvalue weighted by Crippen LogP contribution is -2.33. The second-order valence-corrected chi connectivity index (χ2v) is 5.83. The van der Waals surface area contributed by atoms with Crippen LogP contribution in [0.2, 0.25) is 0 Å². The molecule has 2 aliphatic rings. The Kier molecular flexibility index (Phi) is 5.91. The van der Waals surface area contributed by atoms with Crippen molar-refractivity contribution in [3.8, 4) is 11.5 Å². The third kappa shape index (κ3) is 4.05. The monoisotopic (exact) mass is 326 g/mol. The van der Waals surface area contributed by atoms with Gasteiger partial charge in [0.15, 0.2) is 11.5 Å². The summed E-state index contributed by atoms with van der Waals surface area (Å²) >= 11 is 0. The van der Waals surface area contributed by atoms with Crippen molar-refractivity contribution in [2.24, 2.45) is 5.92 Å². The van der Waals surface area contributed by atoms with Gasteiger partial charge in [-0.25, -0.2) is 0 Å². The number of fused-ring (bicyclic) bond motifs is 1. The van der Waals surface area contributed by atoms with E-state index in [1.807, 2.05) is 25.2 Å². The van der Waals surface area contributed by atoms with Crippen molar-refractivity contribution in [2.45, 2.75) is 25.8 Å². The largest absolute Gasteiger partial charge is 0.454 e. The minimum Gasteiger partial charge on any atom is -0.454 e. The Hall–Kier alpha value is -1.46. The smallest absolute Gasteiger partial charge is 0.231 e. The molecule has 5 nitrogen and oxygen atoms in total. The zero-order valence-corrected chi connectivity index (χ0v) is 13.7. The fourth-order valence-corrected chi connectivity index (χ4v) is 2.89. The molecule has 1 aromatic carbocycles. The molecule has 2 aliphatic heterocycles. The Bertz CT molecular complexity index is 518. The van der Waals surface area contributed by atoms with Crippen molar-refractivity contribution in [2.75, 3.05) is 26.9 Å². The summed E-state index contributed by atoms with van der Waals surface area (Å²) in [5, 5.41) is 3.33. The lowest BCUT2D eigenvalue weighted by Gasteiger charge is -2.25. The van der Waals surface area contributed by atoms with E-state index in [0.29, 0.717) is 18.9 Å². The molecule has 0 unspecified atom stereocenters. The van der Waals surface area contributed by atoms with Crippen molar-refractivity contribution >= 4 is 18.3 Å². The van der Waals surface area contributed by atoms with Crippen molar-refractivity contribution < 1.29 is 14.3 Å². The maximum atomic E-state index is 12.3. The minimum absolute atomic E-state index is 0. The number of rotatable bonds is 4. The summed E-state index contributed by atoms with van der Waals surface area (Å²) in [6.45, 7) is 2.96. The van der Waals surface area contributed by atoms with Crippen LogP contribution >= 0.6 is 12.4 Å². The van der Waals surface area contributed by atoms with Crippen LogP contribution in [0.1, 0.15) is 24.8 Å². The second-order valence-electron chi connectivity index (χ2n) is 5.83. The average molecular weight is 327 g/mol. The van der Waals surface area contributed by atoms with E-state index in [4.69, 9.17) is 9.47 Å². The molecule has 0 bridgehead atoms. The number of piperidine rings is 1. The first kappa shape index (κ1) is 16.9. The van der Waals surface area contributed by atoms with E-state index in [0.717, 1.165) is 43.0 Å². The van der Waals surface area contributed by atoms with Crippen LogP contribution in [-0.2, 0) is 11.3 Å². The van der Waals surface area contributed by atoms with Crippen LogP contribution in [0.25, 0.3) is 0 Å². The standard InChI is InChI=1S/C16H22N2O3.ClH/c1-18(16(19)9-12-4-6-17-7-5-12)10-13-2-3-14-15(8-13)21-11-20-14;/h2-3,8,12,17H,4-7,9-11H2,1H3;1H. The lowest BCUT2D eigenvalue weighted by atomic mass is 9.94. The molecule has 2 heterocycles. The third-order valence-electron chi connectivity index (χ3n) is 4.20. The number of benzene rings is 1. The topological polar surface area (TPSA) is 50.8 Å². The van der Waals surface area contributed by atoms with Gasteiger partial charge in [-0.2, -0.15) is 0 Å². The van der Waals surface area contributed by atoms with Gasteiger partial charge in [0.05, 0.1) is 0 Å². The van der Waals surface area contributed by atoms with Gasteiger partial charge in [-0.3, -0.25) is 4.79 Å². The van der Waals surface area contributed by atoms with Crippen molar-refractivity contribution in [1.82, 2.24) is 10.2 Å². The van der Waals surface area contributed by atoms with E-state index >= 15 is 0 Å². The molecule has 22 heavy (non-hydrogen) atoms. The Morgan fingerprint density at radius 3 is 2.77 bits per heavy atom. The van der Waals surface area contributed by atoms with E-state index in [1.54, 1.807) is 4.90 Å². The van der Waals surface area contributed by atoms with Crippen molar-refractivity contribution in [1.29, 1.82) is 0 Å². The fraction of sp³-hybridized carbons (Fsp3) is 0.562. The number of halogens is 1. The van der Waals surface area contributed by atoms with Crippen LogP contribution in [0.5, 0.6) is 11.5 Å². The summed E-state index contributed by atoms with van der Waals surface area (Å²) in [4.78, 5) is 14.1. The molecule has 0 atom stereocenters. The van der Waals surface area contributed by atoms with Gasteiger partial charge in [0.2, 0.25) is 12.7 Å². The molecule has 1 amide bonds. The summed E-state index contributed by atoms with van der Waals surface area (Å²) in [6.07, 6.45) is 2.86. The first-order valence-electron chi connectivity index (χ1n) is 7.55.